The van der Waals surface area contributed by atoms with Crippen LogP contribution in [0, 0.1) is 50.0 Å². The van der Waals surface area contributed by atoms with Crippen molar-refractivity contribution in [1.29, 1.82) is 0 Å². The molecular weight excluding hydrogens is 590 g/mol. The summed E-state index contributed by atoms with van der Waals surface area (Å²) in [4.78, 5) is 4.18. The molecule has 1 aliphatic carbocycles. The summed E-state index contributed by atoms with van der Waals surface area (Å²) in [5, 5.41) is 0. The number of benzene rings is 1. The number of allylic oxidation sites excluding steroid dienone is 2. The molecule has 1 aromatic carbocycles. The van der Waals surface area contributed by atoms with Crippen LogP contribution < -0.4 is 0 Å². The van der Waals surface area contributed by atoms with E-state index in [1.54, 1.807) is 5.57 Å². The fraction of sp³-hybridized carbons (Fsp3) is 0.583. The zero-order valence-electron chi connectivity index (χ0n) is 20.3. The quantitative estimate of drug-likeness (QED) is 0.166. The molecule has 0 aromatic heterocycles. The van der Waals surface area contributed by atoms with E-state index >= 15 is 0 Å². The molecule has 0 spiro atoms. The van der Waals surface area contributed by atoms with Gasteiger partial charge in [0.15, 0.2) is 0 Å². The Morgan fingerprint density at radius 2 is 1.43 bits per heavy atom. The van der Waals surface area contributed by atoms with Gasteiger partial charge in [-0.05, 0) is 38.7 Å². The largest absolute Gasteiger partial charge is 2.00 e. The number of aryl methyl sites for hydroxylation is 1. The number of nitrogens with zero attached hydrogens (tertiary/aromatic N) is 1. The van der Waals surface area contributed by atoms with Crippen LogP contribution in [0.3, 0.4) is 0 Å². The maximum atomic E-state index is 10.9. The molecule has 0 amide bonds. The zero-order valence-corrected chi connectivity index (χ0v) is 25.7. The van der Waals surface area contributed by atoms with Gasteiger partial charge < -0.3 is 4.39 Å². The Labute approximate surface area is 203 Å². The van der Waals surface area contributed by atoms with Crippen LogP contribution in [-0.4, -0.2) is 12.8 Å². The van der Waals surface area contributed by atoms with Crippen molar-refractivity contribution in [2.24, 2.45) is 4.99 Å². The van der Waals surface area contributed by atoms with Crippen LogP contribution in [0.2, 0.25) is 0 Å². The van der Waals surface area contributed by atoms with E-state index in [1.165, 1.54) is 43.0 Å². The molecule has 162 valence electrons. The van der Waals surface area contributed by atoms with Crippen molar-refractivity contribution in [3.8, 4) is 0 Å². The van der Waals surface area contributed by atoms with Gasteiger partial charge in [0.2, 0.25) is 0 Å². The van der Waals surface area contributed by atoms with Gasteiger partial charge in [-0.1, -0.05) is 54.0 Å². The topological polar surface area (TPSA) is 12.4 Å². The predicted molar refractivity (Wildman–Crippen MR) is 129 cm³/mol. The first kappa shape index (κ1) is 38.6. The smallest absolute Gasteiger partial charge is 0.452 e. The normalized spacial score (nSPS) is 11.4. The van der Waals surface area contributed by atoms with Gasteiger partial charge in [-0.2, -0.15) is 42.8 Å². The summed E-state index contributed by atoms with van der Waals surface area (Å²) in [6.45, 7) is 19.8. The molecule has 0 aliphatic heterocycles. The van der Waals surface area contributed by atoms with Crippen molar-refractivity contribution in [2.45, 2.75) is 88.5 Å². The van der Waals surface area contributed by atoms with Gasteiger partial charge >= 0.3 is 31.1 Å². The van der Waals surface area contributed by atoms with Crippen LogP contribution in [0.15, 0.2) is 40.4 Å². The first-order chi connectivity index (χ1) is 12.9. The second-order valence-electron chi connectivity index (χ2n) is 5.09. The number of aliphatic imine (C=N–C) groups is 1. The van der Waals surface area contributed by atoms with E-state index in [1.807, 2.05) is 82.1 Å². The third-order valence-electron chi connectivity index (χ3n) is 3.15. The minimum absolute atomic E-state index is 0. The molecule has 1 aromatic rings. The molecule has 0 heterocycles. The summed E-state index contributed by atoms with van der Waals surface area (Å²) >= 11 is 0. The summed E-state index contributed by atoms with van der Waals surface area (Å²) in [5.41, 5.74) is 5.57. The minimum atomic E-state index is -0.167. The number of halogens is 1. The van der Waals surface area contributed by atoms with Crippen LogP contribution in [0.5, 0.6) is 0 Å². The van der Waals surface area contributed by atoms with Crippen LogP contribution in [0.25, 0.3) is 0 Å². The van der Waals surface area contributed by atoms with Crippen molar-refractivity contribution < 1.29 is 35.5 Å². The van der Waals surface area contributed by atoms with E-state index in [4.69, 9.17) is 0 Å². The summed E-state index contributed by atoms with van der Waals surface area (Å²) in [7, 11) is 3.78. The second kappa shape index (κ2) is 31.7. The van der Waals surface area contributed by atoms with Crippen LogP contribution >= 0.6 is 9.24 Å². The van der Waals surface area contributed by atoms with E-state index in [9.17, 15) is 4.39 Å². The van der Waals surface area contributed by atoms with E-state index in [0.29, 0.717) is 0 Å². The maximum Gasteiger partial charge on any atom is 2.00 e. The number of rotatable bonds is 1. The van der Waals surface area contributed by atoms with E-state index in [0.717, 1.165) is 0 Å². The van der Waals surface area contributed by atoms with Gasteiger partial charge in [0, 0.05) is 12.8 Å². The Kier molecular flexibility index (Phi) is 43.8. The van der Waals surface area contributed by atoms with Gasteiger partial charge in [-0.25, -0.2) is 0 Å². The first-order valence-corrected chi connectivity index (χ1v) is 10.8. The van der Waals surface area contributed by atoms with Crippen molar-refractivity contribution >= 4 is 15.0 Å². The van der Waals surface area contributed by atoms with Gasteiger partial charge in [0.05, 0.1) is 0 Å². The van der Waals surface area contributed by atoms with E-state index in [-0.39, 0.29) is 37.0 Å². The summed E-state index contributed by atoms with van der Waals surface area (Å²) < 4.78 is 10.9. The average Bonchev–Trinajstić information content (AvgIpc) is 3.13. The molecule has 1 nitrogen and oxygen atoms in total. The SMILES string of the molecule is CC.CC.CC.CN=C(C)C1=C(C)CCC1.C[C-](F)P.Cc1cc[c-]cc1.[U+2]. The molecule has 0 fully saturated rings. The standard InChI is InChI=1S/C9H15N.C7H7.C2H5FP.3C2H6.U/c1-7-5-4-6-9(7)8(2)10-3;1-7-5-3-2-4-6-7;1-2(3)4;3*1-2;/h4-6H2,1-3H3;3-6H,1H3;4H2,1H3;3*1-2H3;/q;2*-1;;;;+2. The molecule has 0 saturated heterocycles. The third kappa shape index (κ3) is 28.3. The Bertz CT molecular complexity index is 454. The molecule has 0 bridgehead atoms. The molecule has 4 heteroatoms. The van der Waals surface area contributed by atoms with Crippen LogP contribution in [0.1, 0.15) is 87.1 Å². The average molecular weight is 636 g/mol. The van der Waals surface area contributed by atoms with Crippen LogP contribution in [0.4, 0.5) is 4.39 Å². The molecule has 1 aliphatic rings. The Hall–Kier alpha value is 0.0419. The minimum Gasteiger partial charge on any atom is -0.452 e. The zero-order chi connectivity index (χ0) is 22.3. The number of hydrogen-bond acceptors (Lipinski definition) is 1. The fourth-order valence-corrected chi connectivity index (χ4v) is 1.99. The molecule has 28 heavy (non-hydrogen) atoms. The Morgan fingerprint density at radius 3 is 1.64 bits per heavy atom. The summed E-state index contributed by atoms with van der Waals surface area (Å²) in [5.74, 6) is -0.167. The van der Waals surface area contributed by atoms with Crippen molar-refractivity contribution in [1.82, 2.24) is 0 Å². The maximum absolute atomic E-state index is 10.9. The van der Waals surface area contributed by atoms with E-state index < -0.39 is 0 Å². The number of hydrogen-bond donors (Lipinski definition) is 0. The third-order valence-corrected chi connectivity index (χ3v) is 3.15. The predicted octanol–water partition coefficient (Wildman–Crippen LogP) is 8.79. The molecule has 1 atom stereocenters. The van der Waals surface area contributed by atoms with Gasteiger partial charge in [-0.3, -0.25) is 14.2 Å². The fourth-order valence-electron chi connectivity index (χ4n) is 1.99. The molecule has 0 saturated carbocycles. The molecule has 0 N–H and O–H groups in total. The molecular formula is C24H45FNPU. The van der Waals surface area contributed by atoms with Crippen LogP contribution in [-0.2, 0) is 0 Å². The van der Waals surface area contributed by atoms with Crippen molar-refractivity contribution in [2.75, 3.05) is 7.05 Å². The Morgan fingerprint density at radius 1 is 1.04 bits per heavy atom. The molecule has 1 unspecified atom stereocenters. The first-order valence-electron chi connectivity index (χ1n) is 10.2. The van der Waals surface area contributed by atoms with Gasteiger partial charge in [0.25, 0.3) is 0 Å². The van der Waals surface area contributed by atoms with Crippen molar-refractivity contribution in [3.63, 3.8) is 0 Å². The Balaban J connectivity index is -0.0000000866. The van der Waals surface area contributed by atoms with Crippen molar-refractivity contribution in [3.05, 3.63) is 53.0 Å². The van der Waals surface area contributed by atoms with Gasteiger partial charge in [-0.15, -0.1) is 5.91 Å². The molecule has 2 rings (SSSR count). The summed E-state index contributed by atoms with van der Waals surface area (Å²) in [6, 6.07) is 10.8. The summed E-state index contributed by atoms with van der Waals surface area (Å²) in [6.07, 6.45) is 3.85. The van der Waals surface area contributed by atoms with E-state index in [2.05, 4.69) is 31.8 Å². The monoisotopic (exact) mass is 635 g/mol. The second-order valence-corrected chi connectivity index (χ2v) is 5.88. The molecule has 0 radical (unpaired) electrons. The van der Waals surface area contributed by atoms with Gasteiger partial charge in [0.1, 0.15) is 0 Å².